The molecule has 2 N–H and O–H groups in total. The fourth-order valence-electron chi connectivity index (χ4n) is 3.58. The van der Waals surface area contributed by atoms with Crippen molar-refractivity contribution in [2.45, 2.75) is 6.54 Å². The monoisotopic (exact) mass is 490 g/mol. The molecule has 0 aromatic heterocycles. The normalized spacial score (nSPS) is 13.2. The van der Waals surface area contributed by atoms with Gasteiger partial charge in [-0.1, -0.05) is 6.07 Å². The van der Waals surface area contributed by atoms with E-state index < -0.39 is 11.9 Å². The van der Waals surface area contributed by atoms with E-state index >= 15 is 0 Å². The summed E-state index contributed by atoms with van der Waals surface area (Å²) in [7, 11) is 6.44. The number of hydrogen-bond acceptors (Lipinski definition) is 8. The summed E-state index contributed by atoms with van der Waals surface area (Å²) < 4.78 is 21.5. The number of carboxylic acids is 2. The molecule has 0 atom stereocenters. The molecule has 1 aliphatic rings. The molecular weight excluding hydrogens is 460 g/mol. The number of carbonyl (C=O) groups excluding carboxylic acids is 1. The summed E-state index contributed by atoms with van der Waals surface area (Å²) in [6.07, 6.45) is 0. The van der Waals surface area contributed by atoms with Gasteiger partial charge in [0.1, 0.15) is 11.5 Å². The zero-order valence-corrected chi connectivity index (χ0v) is 20.1. The highest BCUT2D eigenvalue weighted by Crippen LogP contribution is 2.32. The van der Waals surface area contributed by atoms with Gasteiger partial charge in [0.15, 0.2) is 11.5 Å². The van der Waals surface area contributed by atoms with Crippen molar-refractivity contribution in [2.24, 2.45) is 0 Å². The average Bonchev–Trinajstić information content (AvgIpc) is 2.88. The zero-order chi connectivity index (χ0) is 26.0. The van der Waals surface area contributed by atoms with Crippen LogP contribution in [-0.4, -0.2) is 92.5 Å². The van der Waals surface area contributed by atoms with Crippen LogP contribution in [0.1, 0.15) is 15.9 Å². The van der Waals surface area contributed by atoms with Gasteiger partial charge in [-0.25, -0.2) is 9.59 Å². The fourth-order valence-corrected chi connectivity index (χ4v) is 3.58. The van der Waals surface area contributed by atoms with Gasteiger partial charge in [0.2, 0.25) is 0 Å². The molecule has 1 heterocycles. The Hall–Kier alpha value is -3.99. The van der Waals surface area contributed by atoms with Crippen LogP contribution < -0.4 is 18.9 Å². The van der Waals surface area contributed by atoms with E-state index in [1.54, 1.807) is 46.6 Å². The van der Waals surface area contributed by atoms with E-state index in [1.165, 1.54) is 0 Å². The van der Waals surface area contributed by atoms with Gasteiger partial charge in [0.25, 0.3) is 5.91 Å². The van der Waals surface area contributed by atoms with E-state index in [0.717, 1.165) is 36.7 Å². The van der Waals surface area contributed by atoms with Gasteiger partial charge < -0.3 is 34.1 Å². The van der Waals surface area contributed by atoms with E-state index in [9.17, 15) is 4.79 Å². The SMILES string of the molecule is COc1ccc(OC)c(CN2CCN(C(=O)c3cccc(OC)c3OC)CC2)c1.O=C(O)C(=O)O. The molecule has 2 aromatic rings. The van der Waals surface area contributed by atoms with Gasteiger partial charge in [0.05, 0.1) is 34.0 Å². The predicted octanol–water partition coefficient (Wildman–Crippen LogP) is 1.83. The van der Waals surface area contributed by atoms with Crippen LogP contribution in [0.5, 0.6) is 23.0 Å². The molecule has 190 valence electrons. The molecule has 1 saturated heterocycles. The molecule has 1 fully saturated rings. The van der Waals surface area contributed by atoms with E-state index in [-0.39, 0.29) is 5.91 Å². The van der Waals surface area contributed by atoms with Crippen molar-refractivity contribution in [1.29, 1.82) is 0 Å². The highest BCUT2D eigenvalue weighted by molar-refractivity contribution is 6.27. The minimum Gasteiger partial charge on any atom is -0.497 e. The zero-order valence-electron chi connectivity index (χ0n) is 20.1. The second-order valence-corrected chi connectivity index (χ2v) is 7.40. The number of methoxy groups -OCH3 is 4. The molecule has 2 aromatic carbocycles. The van der Waals surface area contributed by atoms with Crippen LogP contribution in [0.3, 0.4) is 0 Å². The molecule has 0 spiro atoms. The Balaban J connectivity index is 0.000000641. The third-order valence-electron chi connectivity index (χ3n) is 5.36. The Morgan fingerprint density at radius 1 is 0.800 bits per heavy atom. The third-order valence-corrected chi connectivity index (χ3v) is 5.36. The summed E-state index contributed by atoms with van der Waals surface area (Å²) in [5, 5.41) is 14.8. The summed E-state index contributed by atoms with van der Waals surface area (Å²) in [6, 6.07) is 11.2. The number of benzene rings is 2. The van der Waals surface area contributed by atoms with Crippen molar-refractivity contribution in [2.75, 3.05) is 54.6 Å². The minimum atomic E-state index is -1.82. The lowest BCUT2D eigenvalue weighted by Gasteiger charge is -2.35. The van der Waals surface area contributed by atoms with Gasteiger partial charge in [-0.3, -0.25) is 9.69 Å². The van der Waals surface area contributed by atoms with E-state index in [1.807, 2.05) is 23.1 Å². The summed E-state index contributed by atoms with van der Waals surface area (Å²) >= 11 is 0. The van der Waals surface area contributed by atoms with Crippen LogP contribution in [0.4, 0.5) is 0 Å². The number of amides is 1. The summed E-state index contributed by atoms with van der Waals surface area (Å²) in [5.41, 5.74) is 1.59. The van der Waals surface area contributed by atoms with E-state index in [2.05, 4.69) is 4.90 Å². The quantitative estimate of drug-likeness (QED) is 0.554. The number of para-hydroxylation sites is 1. The number of carbonyl (C=O) groups is 3. The number of piperazine rings is 1. The Morgan fingerprint density at radius 3 is 1.94 bits per heavy atom. The van der Waals surface area contributed by atoms with Crippen LogP contribution in [0, 0.1) is 0 Å². The van der Waals surface area contributed by atoms with Crippen molar-refractivity contribution in [3.05, 3.63) is 47.5 Å². The number of nitrogens with zero attached hydrogens (tertiary/aromatic N) is 2. The fraction of sp³-hybridized carbons (Fsp3) is 0.375. The average molecular weight is 491 g/mol. The van der Waals surface area contributed by atoms with Crippen LogP contribution in [0.25, 0.3) is 0 Å². The molecule has 0 radical (unpaired) electrons. The van der Waals surface area contributed by atoms with Crippen molar-refractivity contribution < 1.29 is 43.5 Å². The maximum Gasteiger partial charge on any atom is 0.414 e. The lowest BCUT2D eigenvalue weighted by Crippen LogP contribution is -2.48. The molecule has 1 aliphatic heterocycles. The van der Waals surface area contributed by atoms with Gasteiger partial charge in [-0.2, -0.15) is 0 Å². The van der Waals surface area contributed by atoms with Gasteiger partial charge in [-0.15, -0.1) is 0 Å². The Morgan fingerprint density at radius 2 is 1.43 bits per heavy atom. The lowest BCUT2D eigenvalue weighted by molar-refractivity contribution is -0.159. The maximum absolute atomic E-state index is 13.0. The molecule has 0 saturated carbocycles. The van der Waals surface area contributed by atoms with Crippen molar-refractivity contribution in [3.8, 4) is 23.0 Å². The molecular formula is C24H30N2O9. The second-order valence-electron chi connectivity index (χ2n) is 7.40. The molecule has 3 rings (SSSR count). The number of hydrogen-bond donors (Lipinski definition) is 2. The summed E-state index contributed by atoms with van der Waals surface area (Å²) in [6.45, 7) is 3.58. The molecule has 35 heavy (non-hydrogen) atoms. The molecule has 1 amide bonds. The molecule has 0 unspecified atom stereocenters. The minimum absolute atomic E-state index is 0.0423. The molecule has 11 heteroatoms. The topological polar surface area (TPSA) is 135 Å². The standard InChI is InChI=1S/C22H28N2O5.C2H2O4/c1-26-17-8-9-19(27-2)16(14-17)15-23-10-12-24(13-11-23)22(25)18-6-5-7-20(28-3)21(18)29-4;3-1(4)2(5)6/h5-9,14H,10-13,15H2,1-4H3;(H,3,4)(H,5,6). The van der Waals surface area contributed by atoms with Gasteiger partial charge >= 0.3 is 11.9 Å². The largest absolute Gasteiger partial charge is 0.497 e. The molecule has 0 bridgehead atoms. The molecule has 11 nitrogen and oxygen atoms in total. The van der Waals surface area contributed by atoms with Gasteiger partial charge in [-0.05, 0) is 30.3 Å². The van der Waals surface area contributed by atoms with Crippen LogP contribution in [-0.2, 0) is 16.1 Å². The van der Waals surface area contributed by atoms with Gasteiger partial charge in [0, 0.05) is 38.3 Å². The molecule has 0 aliphatic carbocycles. The number of ether oxygens (including phenoxy) is 4. The number of rotatable bonds is 7. The smallest absolute Gasteiger partial charge is 0.414 e. The van der Waals surface area contributed by atoms with E-state index in [4.69, 9.17) is 38.7 Å². The van der Waals surface area contributed by atoms with Crippen LogP contribution in [0.15, 0.2) is 36.4 Å². The van der Waals surface area contributed by atoms with E-state index in [0.29, 0.717) is 30.2 Å². The summed E-state index contributed by atoms with van der Waals surface area (Å²) in [5.74, 6) is -1.01. The Labute approximate surface area is 203 Å². The highest BCUT2D eigenvalue weighted by Gasteiger charge is 2.26. The highest BCUT2D eigenvalue weighted by atomic mass is 16.5. The first-order valence-corrected chi connectivity index (χ1v) is 10.6. The Bertz CT molecular complexity index is 1020. The van der Waals surface area contributed by atoms with Crippen molar-refractivity contribution in [3.63, 3.8) is 0 Å². The summed E-state index contributed by atoms with van der Waals surface area (Å²) in [4.78, 5) is 35.4. The van der Waals surface area contributed by atoms with Crippen LogP contribution in [0.2, 0.25) is 0 Å². The van der Waals surface area contributed by atoms with Crippen molar-refractivity contribution in [1.82, 2.24) is 9.80 Å². The van der Waals surface area contributed by atoms with Crippen molar-refractivity contribution >= 4 is 17.8 Å². The number of carboxylic acid groups (broad SMARTS) is 2. The third kappa shape index (κ3) is 7.24. The lowest BCUT2D eigenvalue weighted by atomic mass is 10.1. The Kier molecular flexibility index (Phi) is 10.2. The maximum atomic E-state index is 13.0. The first kappa shape index (κ1) is 27.3. The first-order valence-electron chi connectivity index (χ1n) is 10.6. The second kappa shape index (κ2) is 13.0. The van der Waals surface area contributed by atoms with Crippen LogP contribution >= 0.6 is 0 Å². The predicted molar refractivity (Wildman–Crippen MR) is 126 cm³/mol. The first-order chi connectivity index (χ1) is 16.7. The number of aliphatic carboxylic acids is 2.